The van der Waals surface area contributed by atoms with Gasteiger partial charge in [-0.2, -0.15) is 0 Å². The van der Waals surface area contributed by atoms with E-state index >= 15 is 0 Å². The molecule has 6 nitrogen and oxygen atoms in total. The van der Waals surface area contributed by atoms with Crippen LogP contribution in [0, 0.1) is 17.8 Å². The van der Waals surface area contributed by atoms with Crippen LogP contribution in [-0.2, 0) is 23.7 Å². The molecular formula is C21H38NO5+. The normalized spacial score (nSPS) is 45.3. The minimum absolute atomic E-state index is 0.0216. The van der Waals surface area contributed by atoms with E-state index in [4.69, 9.17) is 18.9 Å². The number of quaternary nitrogens is 1. The molecule has 2 aliphatic carbocycles. The summed E-state index contributed by atoms with van der Waals surface area (Å²) in [5, 5.41) is 0. The molecule has 3 aliphatic rings. The number of ketones is 1. The predicted octanol–water partition coefficient (Wildman–Crippen LogP) is 0.729. The summed E-state index contributed by atoms with van der Waals surface area (Å²) in [6, 6.07) is 0.0702. The number of piperidine rings is 1. The zero-order valence-electron chi connectivity index (χ0n) is 17.6. The second kappa shape index (κ2) is 9.31. The second-order valence-corrected chi connectivity index (χ2v) is 8.77. The number of ether oxygens (including phenoxy) is 4. The number of Topliss-reactive ketones (excluding diaryl/α,β-unsaturated/α-hetero) is 1. The molecule has 1 heterocycles. The first-order valence-electron chi connectivity index (χ1n) is 10.5. The summed E-state index contributed by atoms with van der Waals surface area (Å²) in [5.41, 5.74) is 0. The molecule has 0 radical (unpaired) electrons. The number of methoxy groups -OCH3 is 4. The predicted molar refractivity (Wildman–Crippen MR) is 102 cm³/mol. The standard InChI is InChI=1S/C21H37NO5/c1-22-9-8-13-10-18(26-4)19(27-5)12-15(13)20(22)21(23)14-6-7-16(24-2)17(11-14)25-3/h13-20H,6-12H2,1-5H3/p+1. The molecule has 27 heavy (non-hydrogen) atoms. The molecular weight excluding hydrogens is 346 g/mol. The van der Waals surface area contributed by atoms with Crippen LogP contribution in [0.4, 0.5) is 0 Å². The molecule has 9 unspecified atom stereocenters. The molecule has 156 valence electrons. The molecule has 0 bridgehead atoms. The molecule has 3 rings (SSSR count). The van der Waals surface area contributed by atoms with E-state index < -0.39 is 0 Å². The number of hydrogen-bond donors (Lipinski definition) is 1. The number of likely N-dealkylation sites (tertiary alicyclic amines) is 1. The van der Waals surface area contributed by atoms with E-state index in [1.807, 2.05) is 0 Å². The molecule has 0 aromatic heterocycles. The van der Waals surface area contributed by atoms with Crippen LogP contribution < -0.4 is 4.90 Å². The molecule has 0 spiro atoms. The third kappa shape index (κ3) is 4.25. The van der Waals surface area contributed by atoms with Gasteiger partial charge in [-0.15, -0.1) is 0 Å². The van der Waals surface area contributed by atoms with Gasteiger partial charge in [0.2, 0.25) is 0 Å². The van der Waals surface area contributed by atoms with Crippen LogP contribution in [0.3, 0.4) is 0 Å². The van der Waals surface area contributed by atoms with E-state index in [1.165, 1.54) is 11.3 Å². The van der Waals surface area contributed by atoms with Crippen LogP contribution in [-0.4, -0.2) is 78.3 Å². The van der Waals surface area contributed by atoms with E-state index in [1.54, 1.807) is 28.4 Å². The minimum atomic E-state index is 0.0216. The second-order valence-electron chi connectivity index (χ2n) is 8.77. The van der Waals surface area contributed by atoms with Crippen molar-refractivity contribution in [3.05, 3.63) is 0 Å². The summed E-state index contributed by atoms with van der Waals surface area (Å²) in [6.45, 7) is 1.06. The zero-order valence-corrected chi connectivity index (χ0v) is 17.6. The van der Waals surface area contributed by atoms with Crippen molar-refractivity contribution < 1.29 is 28.6 Å². The van der Waals surface area contributed by atoms with Crippen molar-refractivity contribution in [3.8, 4) is 0 Å². The van der Waals surface area contributed by atoms with E-state index in [0.717, 1.165) is 38.6 Å². The van der Waals surface area contributed by atoms with Gasteiger partial charge in [0.05, 0.1) is 38.0 Å². The molecule has 6 heteroatoms. The number of rotatable bonds is 6. The maximum absolute atomic E-state index is 13.6. The maximum Gasteiger partial charge on any atom is 0.193 e. The van der Waals surface area contributed by atoms with Crippen LogP contribution in [0.1, 0.15) is 38.5 Å². The number of carbonyl (C=O) groups is 1. The van der Waals surface area contributed by atoms with Crippen molar-refractivity contribution in [2.24, 2.45) is 17.8 Å². The Labute approximate surface area is 163 Å². The lowest BCUT2D eigenvalue weighted by Crippen LogP contribution is -3.16. The first-order chi connectivity index (χ1) is 13.0. The quantitative estimate of drug-likeness (QED) is 0.732. The number of carbonyl (C=O) groups excluding carboxylic acids is 1. The molecule has 0 aromatic rings. The van der Waals surface area contributed by atoms with Gasteiger partial charge in [-0.25, -0.2) is 0 Å². The summed E-state index contributed by atoms with van der Waals surface area (Å²) in [7, 11) is 9.20. The van der Waals surface area contributed by atoms with E-state index in [-0.39, 0.29) is 36.4 Å². The van der Waals surface area contributed by atoms with Crippen molar-refractivity contribution in [2.75, 3.05) is 42.0 Å². The molecule has 0 aromatic carbocycles. The van der Waals surface area contributed by atoms with Gasteiger partial charge < -0.3 is 23.8 Å². The summed E-state index contributed by atoms with van der Waals surface area (Å²) in [5.74, 6) is 1.47. The fraction of sp³-hybridized carbons (Fsp3) is 0.952. The van der Waals surface area contributed by atoms with Crippen LogP contribution in [0.15, 0.2) is 0 Å². The molecule has 1 saturated heterocycles. The third-order valence-corrected chi connectivity index (χ3v) is 7.58. The van der Waals surface area contributed by atoms with Gasteiger partial charge in [0.15, 0.2) is 5.78 Å². The van der Waals surface area contributed by atoms with E-state index in [9.17, 15) is 4.79 Å². The Morgan fingerprint density at radius 1 is 0.778 bits per heavy atom. The maximum atomic E-state index is 13.6. The lowest BCUT2D eigenvalue weighted by molar-refractivity contribution is -0.908. The van der Waals surface area contributed by atoms with E-state index in [0.29, 0.717) is 17.6 Å². The average Bonchev–Trinajstić information content (AvgIpc) is 2.71. The summed E-state index contributed by atoms with van der Waals surface area (Å²) < 4.78 is 22.6. The highest BCUT2D eigenvalue weighted by molar-refractivity contribution is 5.85. The van der Waals surface area contributed by atoms with Crippen molar-refractivity contribution in [3.63, 3.8) is 0 Å². The third-order valence-electron chi connectivity index (χ3n) is 7.58. The van der Waals surface area contributed by atoms with Gasteiger partial charge in [0.1, 0.15) is 6.04 Å². The van der Waals surface area contributed by atoms with Crippen LogP contribution in [0.2, 0.25) is 0 Å². The van der Waals surface area contributed by atoms with Crippen molar-refractivity contribution >= 4 is 5.78 Å². The van der Waals surface area contributed by atoms with Crippen LogP contribution >= 0.6 is 0 Å². The zero-order chi connectivity index (χ0) is 19.6. The fourth-order valence-electron chi connectivity index (χ4n) is 5.99. The van der Waals surface area contributed by atoms with Gasteiger partial charge in [0, 0.05) is 40.3 Å². The van der Waals surface area contributed by atoms with Crippen molar-refractivity contribution in [1.29, 1.82) is 0 Å². The van der Waals surface area contributed by atoms with Crippen LogP contribution in [0.25, 0.3) is 0 Å². The first kappa shape index (κ1) is 21.2. The SMILES string of the molecule is COC1CCC(C(=O)C2C3CC(OC)C(OC)CC3CC[NH+]2C)CC1OC. The lowest BCUT2D eigenvalue weighted by atomic mass is 9.66. The van der Waals surface area contributed by atoms with Crippen molar-refractivity contribution in [2.45, 2.75) is 69.0 Å². The molecule has 1 aliphatic heterocycles. The number of hydrogen-bond acceptors (Lipinski definition) is 5. The molecule has 1 N–H and O–H groups in total. The number of nitrogens with one attached hydrogen (secondary N) is 1. The monoisotopic (exact) mass is 384 g/mol. The molecule has 3 fully saturated rings. The van der Waals surface area contributed by atoms with Gasteiger partial charge in [-0.3, -0.25) is 4.79 Å². The summed E-state index contributed by atoms with van der Waals surface area (Å²) in [6.07, 6.45) is 6.07. The fourth-order valence-corrected chi connectivity index (χ4v) is 5.99. The highest BCUT2D eigenvalue weighted by atomic mass is 16.5. The van der Waals surface area contributed by atoms with Crippen LogP contribution in [0.5, 0.6) is 0 Å². The largest absolute Gasteiger partial charge is 0.379 e. The first-order valence-corrected chi connectivity index (χ1v) is 10.5. The van der Waals surface area contributed by atoms with Gasteiger partial charge in [-0.05, 0) is 44.4 Å². The Morgan fingerprint density at radius 2 is 1.37 bits per heavy atom. The Kier molecular flexibility index (Phi) is 7.31. The molecule has 9 atom stereocenters. The Bertz CT molecular complexity index is 501. The molecule has 2 saturated carbocycles. The summed E-state index contributed by atoms with van der Waals surface area (Å²) in [4.78, 5) is 15.0. The average molecular weight is 385 g/mol. The van der Waals surface area contributed by atoms with Gasteiger partial charge in [0.25, 0.3) is 0 Å². The van der Waals surface area contributed by atoms with E-state index in [2.05, 4.69) is 7.05 Å². The minimum Gasteiger partial charge on any atom is -0.379 e. The summed E-state index contributed by atoms with van der Waals surface area (Å²) >= 11 is 0. The smallest absolute Gasteiger partial charge is 0.193 e. The Balaban J connectivity index is 1.74. The highest BCUT2D eigenvalue weighted by Crippen LogP contribution is 2.40. The lowest BCUT2D eigenvalue weighted by Gasteiger charge is -2.48. The van der Waals surface area contributed by atoms with Crippen molar-refractivity contribution in [1.82, 2.24) is 0 Å². The topological polar surface area (TPSA) is 58.4 Å². The van der Waals surface area contributed by atoms with Gasteiger partial charge in [-0.1, -0.05) is 0 Å². The number of likely N-dealkylation sites (N-methyl/N-ethyl adjacent to an activating group) is 1. The number of fused-ring (bicyclic) bond motifs is 1. The molecule has 0 amide bonds. The Morgan fingerprint density at radius 3 is 2.00 bits per heavy atom. The highest BCUT2D eigenvalue weighted by Gasteiger charge is 2.51. The Hall–Kier alpha value is -0.530. The van der Waals surface area contributed by atoms with Gasteiger partial charge >= 0.3 is 0 Å².